The van der Waals surface area contributed by atoms with E-state index in [0.29, 0.717) is 23.7 Å². The normalized spacial score (nSPS) is 44.9. The van der Waals surface area contributed by atoms with Crippen molar-refractivity contribution in [3.05, 3.63) is 0 Å². The summed E-state index contributed by atoms with van der Waals surface area (Å²) in [4.78, 5) is 11.0. The van der Waals surface area contributed by atoms with Crippen LogP contribution in [0.5, 0.6) is 0 Å². The van der Waals surface area contributed by atoms with Crippen molar-refractivity contribution in [1.29, 1.82) is 0 Å². The minimum atomic E-state index is 0.356. The SMILES string of the molecule is CO[C@@H]1C[C@H]2C[C@@H]1CC2=O. The highest BCUT2D eigenvalue weighted by atomic mass is 16.5. The molecule has 0 aromatic rings. The molecule has 0 unspecified atom stereocenters. The summed E-state index contributed by atoms with van der Waals surface area (Å²) in [5.41, 5.74) is 0. The van der Waals surface area contributed by atoms with E-state index in [1.165, 1.54) is 0 Å². The van der Waals surface area contributed by atoms with Crippen molar-refractivity contribution < 1.29 is 9.53 Å². The van der Waals surface area contributed by atoms with Crippen LogP contribution in [-0.2, 0) is 9.53 Å². The summed E-state index contributed by atoms with van der Waals surface area (Å²) >= 11 is 0. The first-order valence-electron chi connectivity index (χ1n) is 3.86. The molecule has 0 saturated heterocycles. The summed E-state index contributed by atoms with van der Waals surface area (Å²) in [5, 5.41) is 0. The molecule has 2 bridgehead atoms. The van der Waals surface area contributed by atoms with Gasteiger partial charge in [0.05, 0.1) is 6.10 Å². The zero-order chi connectivity index (χ0) is 7.14. The van der Waals surface area contributed by atoms with Crippen molar-refractivity contribution in [2.45, 2.75) is 25.4 Å². The molecule has 2 aliphatic rings. The average molecular weight is 140 g/mol. The first kappa shape index (κ1) is 6.35. The first-order chi connectivity index (χ1) is 4.81. The van der Waals surface area contributed by atoms with Gasteiger partial charge in [0.25, 0.3) is 0 Å². The van der Waals surface area contributed by atoms with Crippen molar-refractivity contribution >= 4 is 5.78 Å². The molecular formula is C8H12O2. The first-order valence-corrected chi connectivity index (χ1v) is 3.86. The molecule has 56 valence electrons. The second-order valence-corrected chi connectivity index (χ2v) is 3.37. The molecule has 0 radical (unpaired) electrons. The Hall–Kier alpha value is -0.370. The van der Waals surface area contributed by atoms with E-state index < -0.39 is 0 Å². The molecule has 0 spiro atoms. The molecule has 10 heavy (non-hydrogen) atoms. The summed E-state index contributed by atoms with van der Waals surface area (Å²) in [6, 6.07) is 0. The van der Waals surface area contributed by atoms with Gasteiger partial charge in [-0.05, 0) is 18.8 Å². The summed E-state index contributed by atoms with van der Waals surface area (Å²) in [5.74, 6) is 1.38. The summed E-state index contributed by atoms with van der Waals surface area (Å²) in [6.07, 6.45) is 3.25. The predicted octanol–water partition coefficient (Wildman–Crippen LogP) is 1.00. The number of hydrogen-bond donors (Lipinski definition) is 0. The quantitative estimate of drug-likeness (QED) is 0.543. The van der Waals surface area contributed by atoms with Gasteiger partial charge in [-0.15, -0.1) is 0 Å². The van der Waals surface area contributed by atoms with Crippen molar-refractivity contribution in [3.8, 4) is 0 Å². The number of ether oxygens (including phenoxy) is 1. The topological polar surface area (TPSA) is 26.3 Å². The van der Waals surface area contributed by atoms with E-state index in [1.54, 1.807) is 7.11 Å². The lowest BCUT2D eigenvalue weighted by molar-refractivity contribution is -0.123. The second kappa shape index (κ2) is 2.06. The van der Waals surface area contributed by atoms with Crippen LogP contribution in [0, 0.1) is 11.8 Å². The zero-order valence-electron chi connectivity index (χ0n) is 6.17. The van der Waals surface area contributed by atoms with Gasteiger partial charge in [-0.1, -0.05) is 0 Å². The van der Waals surface area contributed by atoms with E-state index in [-0.39, 0.29) is 0 Å². The Morgan fingerprint density at radius 3 is 2.70 bits per heavy atom. The Bertz CT molecular complexity index is 165. The van der Waals surface area contributed by atoms with Crippen molar-refractivity contribution in [2.24, 2.45) is 11.8 Å². The number of methoxy groups -OCH3 is 1. The number of ketones is 1. The molecule has 2 nitrogen and oxygen atoms in total. The fourth-order valence-electron chi connectivity index (χ4n) is 2.28. The van der Waals surface area contributed by atoms with Crippen molar-refractivity contribution in [2.75, 3.05) is 7.11 Å². The van der Waals surface area contributed by atoms with E-state index in [9.17, 15) is 4.79 Å². The number of rotatable bonds is 1. The second-order valence-electron chi connectivity index (χ2n) is 3.37. The van der Waals surface area contributed by atoms with Crippen LogP contribution < -0.4 is 0 Å². The number of Topliss-reactive ketones (excluding diaryl/α,β-unsaturated/α-hetero) is 1. The van der Waals surface area contributed by atoms with Crippen LogP contribution >= 0.6 is 0 Å². The van der Waals surface area contributed by atoms with Crippen molar-refractivity contribution in [3.63, 3.8) is 0 Å². The third-order valence-electron chi connectivity index (χ3n) is 2.85. The van der Waals surface area contributed by atoms with E-state index >= 15 is 0 Å². The monoisotopic (exact) mass is 140 g/mol. The summed E-state index contributed by atoms with van der Waals surface area (Å²) < 4.78 is 5.24. The fraction of sp³-hybridized carbons (Fsp3) is 0.875. The smallest absolute Gasteiger partial charge is 0.136 e. The van der Waals surface area contributed by atoms with Crippen LogP contribution in [0.3, 0.4) is 0 Å². The highest BCUT2D eigenvalue weighted by molar-refractivity contribution is 5.84. The minimum Gasteiger partial charge on any atom is -0.381 e. The fourth-order valence-corrected chi connectivity index (χ4v) is 2.28. The largest absolute Gasteiger partial charge is 0.381 e. The van der Waals surface area contributed by atoms with Crippen LogP contribution in [0.15, 0.2) is 0 Å². The van der Waals surface area contributed by atoms with E-state index in [0.717, 1.165) is 19.3 Å². The molecule has 0 N–H and O–H groups in total. The predicted molar refractivity (Wildman–Crippen MR) is 36.6 cm³/mol. The van der Waals surface area contributed by atoms with Gasteiger partial charge < -0.3 is 4.74 Å². The third-order valence-corrected chi connectivity index (χ3v) is 2.85. The molecule has 2 aliphatic carbocycles. The van der Waals surface area contributed by atoms with E-state index in [4.69, 9.17) is 4.74 Å². The van der Waals surface area contributed by atoms with Crippen LogP contribution in [0.2, 0.25) is 0 Å². The van der Waals surface area contributed by atoms with E-state index in [2.05, 4.69) is 0 Å². The Balaban J connectivity index is 2.09. The Kier molecular flexibility index (Phi) is 1.31. The standard InChI is InChI=1S/C8H12O2/c1-10-8-4-5-2-6(8)3-7(5)9/h5-6,8H,2-4H2,1H3/t5-,6-,8-/m1/s1. The van der Waals surface area contributed by atoms with Crippen LogP contribution in [0.25, 0.3) is 0 Å². The molecule has 2 fully saturated rings. The van der Waals surface area contributed by atoms with Gasteiger partial charge in [0.15, 0.2) is 0 Å². The molecule has 0 aromatic carbocycles. The van der Waals surface area contributed by atoms with Crippen molar-refractivity contribution in [1.82, 2.24) is 0 Å². The lowest BCUT2D eigenvalue weighted by Gasteiger charge is -2.18. The van der Waals surface area contributed by atoms with Gasteiger partial charge >= 0.3 is 0 Å². The molecule has 0 amide bonds. The molecule has 2 heteroatoms. The van der Waals surface area contributed by atoms with Gasteiger partial charge in [0, 0.05) is 19.4 Å². The lowest BCUT2D eigenvalue weighted by atomic mass is 9.97. The zero-order valence-corrected chi connectivity index (χ0v) is 6.17. The van der Waals surface area contributed by atoms with Gasteiger partial charge in [-0.2, -0.15) is 0 Å². The maximum absolute atomic E-state index is 11.0. The third kappa shape index (κ3) is 0.717. The molecule has 3 atom stereocenters. The number of carbonyl (C=O) groups excluding carboxylic acids is 1. The Labute approximate surface area is 60.6 Å². The number of carbonyl (C=O) groups is 1. The summed E-state index contributed by atoms with van der Waals surface area (Å²) in [6.45, 7) is 0. The lowest BCUT2D eigenvalue weighted by Crippen LogP contribution is -2.23. The summed E-state index contributed by atoms with van der Waals surface area (Å²) in [7, 11) is 1.75. The Morgan fingerprint density at radius 2 is 2.30 bits per heavy atom. The van der Waals surface area contributed by atoms with Gasteiger partial charge in [-0.25, -0.2) is 0 Å². The number of hydrogen-bond acceptors (Lipinski definition) is 2. The maximum Gasteiger partial charge on any atom is 0.136 e. The Morgan fingerprint density at radius 1 is 1.50 bits per heavy atom. The van der Waals surface area contributed by atoms with Crippen LogP contribution in [-0.4, -0.2) is 19.0 Å². The molecule has 0 heterocycles. The van der Waals surface area contributed by atoms with E-state index in [1.807, 2.05) is 0 Å². The van der Waals surface area contributed by atoms with Gasteiger partial charge in [0.2, 0.25) is 0 Å². The average Bonchev–Trinajstić information content (AvgIpc) is 2.44. The molecule has 0 aromatic heterocycles. The molecule has 2 rings (SSSR count). The molecule has 2 saturated carbocycles. The maximum atomic E-state index is 11.0. The minimum absolute atomic E-state index is 0.356. The highest BCUT2D eigenvalue weighted by Crippen LogP contribution is 2.43. The molecule has 0 aliphatic heterocycles. The number of fused-ring (bicyclic) bond motifs is 2. The van der Waals surface area contributed by atoms with Crippen LogP contribution in [0.1, 0.15) is 19.3 Å². The van der Waals surface area contributed by atoms with Crippen LogP contribution in [0.4, 0.5) is 0 Å². The van der Waals surface area contributed by atoms with Gasteiger partial charge in [0.1, 0.15) is 5.78 Å². The highest BCUT2D eigenvalue weighted by Gasteiger charge is 2.45. The molecular weight excluding hydrogens is 128 g/mol. The van der Waals surface area contributed by atoms with Gasteiger partial charge in [-0.3, -0.25) is 4.79 Å².